The lowest BCUT2D eigenvalue weighted by molar-refractivity contribution is -0.127. The molecule has 1 saturated heterocycles. The van der Waals surface area contributed by atoms with Crippen LogP contribution in [-0.4, -0.2) is 29.9 Å². The summed E-state index contributed by atoms with van der Waals surface area (Å²) in [5.74, 6) is 0.491. The first-order valence-corrected chi connectivity index (χ1v) is 8.86. The molecule has 2 fully saturated rings. The number of carbonyl (C=O) groups is 1. The van der Waals surface area contributed by atoms with Crippen LogP contribution in [0.1, 0.15) is 44.1 Å². The molecule has 3 nitrogen and oxygen atoms in total. The Balaban J connectivity index is 0.00000192. The van der Waals surface area contributed by atoms with Gasteiger partial charge in [0.25, 0.3) is 0 Å². The number of nitrogens with zero attached hydrogens (tertiary/aromatic N) is 1. The molecule has 23 heavy (non-hydrogen) atoms. The molecule has 0 unspecified atom stereocenters. The molecular formula is C18H26Cl2N2O. The van der Waals surface area contributed by atoms with Crippen molar-refractivity contribution in [2.75, 3.05) is 13.1 Å². The van der Waals surface area contributed by atoms with Gasteiger partial charge in [-0.25, -0.2) is 0 Å². The molecule has 1 amide bonds. The van der Waals surface area contributed by atoms with Gasteiger partial charge in [-0.2, -0.15) is 0 Å². The van der Waals surface area contributed by atoms with E-state index >= 15 is 0 Å². The van der Waals surface area contributed by atoms with Gasteiger partial charge in [0.1, 0.15) is 0 Å². The van der Waals surface area contributed by atoms with E-state index in [4.69, 9.17) is 11.6 Å². The van der Waals surface area contributed by atoms with Gasteiger partial charge < -0.3 is 5.32 Å². The predicted octanol–water partition coefficient (Wildman–Crippen LogP) is 4.03. The summed E-state index contributed by atoms with van der Waals surface area (Å²) in [6, 6.07) is 8.49. The van der Waals surface area contributed by atoms with Crippen LogP contribution in [0.5, 0.6) is 0 Å². The van der Waals surface area contributed by atoms with Crippen LogP contribution in [0.2, 0.25) is 5.02 Å². The Bertz CT molecular complexity index is 509. The molecule has 0 atom stereocenters. The molecule has 3 rings (SSSR count). The van der Waals surface area contributed by atoms with Crippen molar-refractivity contribution in [2.24, 2.45) is 5.92 Å². The van der Waals surface area contributed by atoms with Gasteiger partial charge in [0.2, 0.25) is 5.91 Å². The van der Waals surface area contributed by atoms with Crippen LogP contribution in [0.3, 0.4) is 0 Å². The lowest BCUT2D eigenvalue weighted by Gasteiger charge is -2.31. The second-order valence-electron chi connectivity index (χ2n) is 6.67. The highest BCUT2D eigenvalue weighted by molar-refractivity contribution is 6.30. The molecule has 1 aliphatic heterocycles. The topological polar surface area (TPSA) is 32.3 Å². The highest BCUT2D eigenvalue weighted by Crippen LogP contribution is 2.22. The number of piperidine rings is 1. The van der Waals surface area contributed by atoms with Gasteiger partial charge in [0.05, 0.1) is 0 Å². The van der Waals surface area contributed by atoms with E-state index in [-0.39, 0.29) is 24.2 Å². The molecule has 0 spiro atoms. The zero-order valence-electron chi connectivity index (χ0n) is 13.5. The first-order valence-electron chi connectivity index (χ1n) is 8.48. The quantitative estimate of drug-likeness (QED) is 0.882. The van der Waals surface area contributed by atoms with Crippen molar-refractivity contribution in [3.05, 3.63) is 34.9 Å². The Morgan fingerprint density at radius 2 is 1.87 bits per heavy atom. The van der Waals surface area contributed by atoms with E-state index in [0.29, 0.717) is 6.04 Å². The predicted molar refractivity (Wildman–Crippen MR) is 97.1 cm³/mol. The molecule has 1 aromatic rings. The molecular weight excluding hydrogens is 331 g/mol. The minimum Gasteiger partial charge on any atom is -0.353 e. The molecule has 1 saturated carbocycles. The van der Waals surface area contributed by atoms with Crippen LogP contribution >= 0.6 is 24.0 Å². The summed E-state index contributed by atoms with van der Waals surface area (Å²) in [5.41, 5.74) is 1.25. The second kappa shape index (κ2) is 8.91. The molecule has 1 aromatic carbocycles. The van der Waals surface area contributed by atoms with Gasteiger partial charge in [-0.15, -0.1) is 12.4 Å². The van der Waals surface area contributed by atoms with E-state index in [2.05, 4.69) is 16.3 Å². The number of carbonyl (C=O) groups excluding carboxylic acids is 1. The zero-order chi connectivity index (χ0) is 15.4. The summed E-state index contributed by atoms with van der Waals surface area (Å²) in [6.07, 6.45) is 6.81. The average molecular weight is 357 g/mol. The van der Waals surface area contributed by atoms with E-state index < -0.39 is 0 Å². The Morgan fingerprint density at radius 1 is 1.17 bits per heavy atom. The molecule has 0 bridgehead atoms. The normalized spacial score (nSPS) is 20.2. The van der Waals surface area contributed by atoms with Gasteiger partial charge in [-0.3, -0.25) is 9.69 Å². The molecule has 0 radical (unpaired) electrons. The van der Waals surface area contributed by atoms with Gasteiger partial charge in [0.15, 0.2) is 0 Å². The van der Waals surface area contributed by atoms with Crippen molar-refractivity contribution in [1.29, 1.82) is 0 Å². The van der Waals surface area contributed by atoms with Crippen LogP contribution in [0.25, 0.3) is 0 Å². The van der Waals surface area contributed by atoms with Crippen LogP contribution in [-0.2, 0) is 11.3 Å². The number of hydrogen-bond donors (Lipinski definition) is 1. The third-order valence-corrected chi connectivity index (χ3v) is 5.19. The summed E-state index contributed by atoms with van der Waals surface area (Å²) >= 11 is 6.04. The number of benzene rings is 1. The number of rotatable bonds is 4. The number of hydrogen-bond acceptors (Lipinski definition) is 2. The SMILES string of the molecule is Cl.O=C(NC1CCCC1)C1CCN(Cc2cccc(Cl)c2)CC1. The van der Waals surface area contributed by atoms with Gasteiger partial charge in [-0.05, 0) is 56.5 Å². The smallest absolute Gasteiger partial charge is 0.223 e. The van der Waals surface area contributed by atoms with Crippen molar-refractivity contribution < 1.29 is 4.79 Å². The Labute approximate surface area is 150 Å². The fourth-order valence-electron chi connectivity index (χ4n) is 3.64. The van der Waals surface area contributed by atoms with E-state index in [0.717, 1.165) is 37.5 Å². The largest absolute Gasteiger partial charge is 0.353 e. The molecule has 128 valence electrons. The van der Waals surface area contributed by atoms with Crippen LogP contribution in [0.4, 0.5) is 0 Å². The standard InChI is InChI=1S/C18H25ClN2O.ClH/c19-16-5-3-4-14(12-16)13-21-10-8-15(9-11-21)18(22)20-17-6-1-2-7-17;/h3-5,12,15,17H,1-2,6-11,13H2,(H,20,22);1H. The minimum absolute atomic E-state index is 0. The van der Waals surface area contributed by atoms with E-state index in [1.807, 2.05) is 18.2 Å². The monoisotopic (exact) mass is 356 g/mol. The Kier molecular flexibility index (Phi) is 7.19. The first-order chi connectivity index (χ1) is 10.7. The van der Waals surface area contributed by atoms with Crippen LogP contribution in [0, 0.1) is 5.92 Å². The number of likely N-dealkylation sites (tertiary alicyclic amines) is 1. The molecule has 1 heterocycles. The van der Waals surface area contributed by atoms with E-state index in [1.165, 1.54) is 31.2 Å². The van der Waals surface area contributed by atoms with Crippen molar-refractivity contribution in [1.82, 2.24) is 10.2 Å². The summed E-state index contributed by atoms with van der Waals surface area (Å²) in [6.45, 7) is 2.92. The fourth-order valence-corrected chi connectivity index (χ4v) is 3.85. The van der Waals surface area contributed by atoms with Crippen molar-refractivity contribution in [2.45, 2.75) is 51.1 Å². The van der Waals surface area contributed by atoms with Crippen molar-refractivity contribution in [3.63, 3.8) is 0 Å². The molecule has 1 aliphatic carbocycles. The molecule has 2 aliphatic rings. The maximum absolute atomic E-state index is 12.3. The third kappa shape index (κ3) is 5.37. The molecule has 1 N–H and O–H groups in total. The summed E-state index contributed by atoms with van der Waals surface area (Å²) in [5, 5.41) is 4.04. The van der Waals surface area contributed by atoms with Crippen molar-refractivity contribution in [3.8, 4) is 0 Å². The van der Waals surface area contributed by atoms with E-state index in [1.54, 1.807) is 0 Å². The summed E-state index contributed by atoms with van der Waals surface area (Å²) in [4.78, 5) is 14.7. The minimum atomic E-state index is 0. The van der Waals surface area contributed by atoms with Crippen LogP contribution < -0.4 is 5.32 Å². The van der Waals surface area contributed by atoms with Gasteiger partial charge in [-0.1, -0.05) is 36.6 Å². The Hall–Kier alpha value is -0.770. The zero-order valence-corrected chi connectivity index (χ0v) is 15.0. The maximum atomic E-state index is 12.3. The molecule has 5 heteroatoms. The maximum Gasteiger partial charge on any atom is 0.223 e. The van der Waals surface area contributed by atoms with Gasteiger partial charge >= 0.3 is 0 Å². The lowest BCUT2D eigenvalue weighted by atomic mass is 9.95. The highest BCUT2D eigenvalue weighted by atomic mass is 35.5. The van der Waals surface area contributed by atoms with Crippen molar-refractivity contribution >= 4 is 29.9 Å². The fraction of sp³-hybridized carbons (Fsp3) is 0.611. The summed E-state index contributed by atoms with van der Waals surface area (Å²) in [7, 11) is 0. The number of nitrogens with one attached hydrogen (secondary N) is 1. The lowest BCUT2D eigenvalue weighted by Crippen LogP contribution is -2.42. The second-order valence-corrected chi connectivity index (χ2v) is 7.11. The average Bonchev–Trinajstić information content (AvgIpc) is 3.01. The van der Waals surface area contributed by atoms with Gasteiger partial charge in [0, 0.05) is 23.5 Å². The molecule has 0 aromatic heterocycles. The summed E-state index contributed by atoms with van der Waals surface area (Å²) < 4.78 is 0. The third-order valence-electron chi connectivity index (χ3n) is 4.96. The number of halogens is 2. The highest BCUT2D eigenvalue weighted by Gasteiger charge is 2.27. The Morgan fingerprint density at radius 3 is 2.52 bits per heavy atom. The first kappa shape index (κ1) is 18.6. The van der Waals surface area contributed by atoms with Crippen LogP contribution in [0.15, 0.2) is 24.3 Å². The van der Waals surface area contributed by atoms with E-state index in [9.17, 15) is 4.79 Å². The number of amides is 1.